The van der Waals surface area contributed by atoms with Crippen molar-refractivity contribution in [2.45, 2.75) is 6.42 Å². The number of nitrogens with zero attached hydrogens (tertiary/aromatic N) is 2. The van der Waals surface area contributed by atoms with Gasteiger partial charge in [-0.25, -0.2) is 4.79 Å². The highest BCUT2D eigenvalue weighted by Gasteiger charge is 2.32. The van der Waals surface area contributed by atoms with Gasteiger partial charge in [-0.05, 0) is 18.5 Å². The van der Waals surface area contributed by atoms with Crippen LogP contribution in [0.15, 0.2) is 18.2 Å². The molecule has 106 valence electrons. The molecule has 0 radical (unpaired) electrons. The van der Waals surface area contributed by atoms with E-state index in [9.17, 15) is 19.7 Å². The molecule has 1 saturated heterocycles. The number of anilines is 1. The van der Waals surface area contributed by atoms with E-state index >= 15 is 0 Å². The molecule has 0 bridgehead atoms. The Hall–Kier alpha value is -2.48. The molecule has 1 fully saturated rings. The maximum atomic E-state index is 11.9. The summed E-state index contributed by atoms with van der Waals surface area (Å²) in [5, 5.41) is 19.8. The molecule has 1 aliphatic rings. The number of nitro groups is 1. The van der Waals surface area contributed by atoms with E-state index < -0.39 is 10.9 Å². The molecular formula is C12H13N3O5. The van der Waals surface area contributed by atoms with Crippen molar-refractivity contribution < 1.29 is 19.6 Å². The van der Waals surface area contributed by atoms with E-state index in [1.165, 1.54) is 17.0 Å². The van der Waals surface area contributed by atoms with E-state index in [4.69, 9.17) is 10.8 Å². The van der Waals surface area contributed by atoms with Crippen LogP contribution in [0.4, 0.5) is 11.4 Å². The number of carboxylic acid groups (broad SMARTS) is 1. The molecular weight excluding hydrogens is 266 g/mol. The Morgan fingerprint density at radius 3 is 2.75 bits per heavy atom. The maximum Gasteiger partial charge on any atom is 0.338 e. The second-order valence-electron chi connectivity index (χ2n) is 4.57. The first kappa shape index (κ1) is 13.9. The summed E-state index contributed by atoms with van der Waals surface area (Å²) in [6.45, 7) is 0.658. The van der Waals surface area contributed by atoms with Crippen LogP contribution in [0.5, 0.6) is 0 Å². The summed E-state index contributed by atoms with van der Waals surface area (Å²) >= 11 is 0. The number of aromatic carboxylic acids is 1. The summed E-state index contributed by atoms with van der Waals surface area (Å²) in [7, 11) is 0. The Kier molecular flexibility index (Phi) is 3.66. The lowest BCUT2D eigenvalue weighted by molar-refractivity contribution is -0.384. The van der Waals surface area contributed by atoms with Gasteiger partial charge < -0.3 is 15.7 Å². The van der Waals surface area contributed by atoms with Gasteiger partial charge in [-0.2, -0.15) is 0 Å². The average Bonchev–Trinajstić information content (AvgIpc) is 2.79. The molecule has 1 aliphatic heterocycles. The van der Waals surface area contributed by atoms with E-state index in [0.29, 0.717) is 13.1 Å². The fourth-order valence-corrected chi connectivity index (χ4v) is 2.22. The van der Waals surface area contributed by atoms with Gasteiger partial charge in [0.05, 0.1) is 16.2 Å². The molecule has 0 saturated carbocycles. The molecule has 0 spiro atoms. The van der Waals surface area contributed by atoms with Gasteiger partial charge in [-0.1, -0.05) is 0 Å². The lowest BCUT2D eigenvalue weighted by atomic mass is 10.1. The summed E-state index contributed by atoms with van der Waals surface area (Å²) in [5.74, 6) is -1.57. The van der Waals surface area contributed by atoms with Crippen molar-refractivity contribution in [1.29, 1.82) is 0 Å². The lowest BCUT2D eigenvalue weighted by Crippen LogP contribution is -2.27. The van der Waals surface area contributed by atoms with Gasteiger partial charge >= 0.3 is 5.97 Å². The van der Waals surface area contributed by atoms with Crippen LogP contribution in [0.3, 0.4) is 0 Å². The molecule has 20 heavy (non-hydrogen) atoms. The van der Waals surface area contributed by atoms with Crippen LogP contribution < -0.4 is 10.6 Å². The normalized spacial score (nSPS) is 18.4. The quantitative estimate of drug-likeness (QED) is 0.614. The van der Waals surface area contributed by atoms with Crippen molar-refractivity contribution in [2.24, 2.45) is 11.7 Å². The predicted molar refractivity (Wildman–Crippen MR) is 69.6 cm³/mol. The second kappa shape index (κ2) is 5.25. The van der Waals surface area contributed by atoms with E-state index in [0.717, 1.165) is 6.07 Å². The largest absolute Gasteiger partial charge is 0.478 e. The van der Waals surface area contributed by atoms with Gasteiger partial charge in [0.1, 0.15) is 0 Å². The molecule has 1 atom stereocenters. The van der Waals surface area contributed by atoms with Gasteiger partial charge in [0, 0.05) is 25.1 Å². The first-order valence-electron chi connectivity index (χ1n) is 5.96. The average molecular weight is 279 g/mol. The molecule has 1 amide bonds. The van der Waals surface area contributed by atoms with Crippen molar-refractivity contribution in [3.05, 3.63) is 33.9 Å². The number of nitro benzene ring substituents is 1. The van der Waals surface area contributed by atoms with E-state index in [1.54, 1.807) is 0 Å². The van der Waals surface area contributed by atoms with E-state index in [1.807, 2.05) is 0 Å². The first-order valence-corrected chi connectivity index (χ1v) is 5.96. The van der Waals surface area contributed by atoms with Crippen LogP contribution in [0, 0.1) is 16.0 Å². The number of hydrogen-bond acceptors (Lipinski definition) is 5. The summed E-state index contributed by atoms with van der Waals surface area (Å²) < 4.78 is 0. The second-order valence-corrected chi connectivity index (χ2v) is 4.57. The molecule has 3 N–H and O–H groups in total. The van der Waals surface area contributed by atoms with Crippen LogP contribution in [-0.2, 0) is 4.79 Å². The standard InChI is InChI=1S/C12H13N3O5/c13-5-7-3-11(16)14(6-7)10-2-1-8(15(19)20)4-9(10)12(17)18/h1-2,4,7H,3,5-6,13H2,(H,17,18). The highest BCUT2D eigenvalue weighted by Crippen LogP contribution is 2.30. The Morgan fingerprint density at radius 2 is 2.25 bits per heavy atom. The molecule has 1 aromatic carbocycles. The van der Waals surface area contributed by atoms with Gasteiger partial charge in [0.25, 0.3) is 5.69 Å². The molecule has 1 aromatic rings. The van der Waals surface area contributed by atoms with Crippen molar-refractivity contribution in [3.8, 4) is 0 Å². The zero-order chi connectivity index (χ0) is 14.9. The zero-order valence-electron chi connectivity index (χ0n) is 10.5. The number of non-ortho nitro benzene ring substituents is 1. The minimum Gasteiger partial charge on any atom is -0.478 e. The van der Waals surface area contributed by atoms with E-state index in [2.05, 4.69) is 0 Å². The topological polar surface area (TPSA) is 127 Å². The molecule has 2 rings (SSSR count). The van der Waals surface area contributed by atoms with Crippen LogP contribution in [0.2, 0.25) is 0 Å². The third-order valence-electron chi connectivity index (χ3n) is 3.25. The highest BCUT2D eigenvalue weighted by atomic mass is 16.6. The maximum absolute atomic E-state index is 11.9. The van der Waals surface area contributed by atoms with Crippen LogP contribution in [0.25, 0.3) is 0 Å². The van der Waals surface area contributed by atoms with Crippen LogP contribution in [0.1, 0.15) is 16.8 Å². The molecule has 1 heterocycles. The molecule has 0 aliphatic carbocycles. The van der Waals surface area contributed by atoms with Gasteiger partial charge in [-0.15, -0.1) is 0 Å². The SMILES string of the molecule is NCC1CC(=O)N(c2ccc([N+](=O)[O-])cc2C(=O)O)C1. The highest BCUT2D eigenvalue weighted by molar-refractivity contribution is 6.03. The molecule has 8 nitrogen and oxygen atoms in total. The van der Waals surface area contributed by atoms with Crippen LogP contribution in [-0.4, -0.2) is 35.0 Å². The molecule has 1 unspecified atom stereocenters. The molecule has 0 aromatic heterocycles. The first-order chi connectivity index (χ1) is 9.43. The van der Waals surface area contributed by atoms with Gasteiger partial charge in [0.15, 0.2) is 0 Å². The number of amides is 1. The summed E-state index contributed by atoms with van der Waals surface area (Å²) in [6, 6.07) is 3.43. The Balaban J connectivity index is 2.44. The fraction of sp³-hybridized carbons (Fsp3) is 0.333. The number of rotatable bonds is 4. The van der Waals surface area contributed by atoms with Crippen molar-refractivity contribution >= 4 is 23.3 Å². The summed E-state index contributed by atoms with van der Waals surface area (Å²) in [6.07, 6.45) is 0.256. The monoisotopic (exact) mass is 279 g/mol. The number of hydrogen-bond donors (Lipinski definition) is 2. The smallest absolute Gasteiger partial charge is 0.338 e. The van der Waals surface area contributed by atoms with Crippen LogP contribution >= 0.6 is 0 Å². The Morgan fingerprint density at radius 1 is 1.55 bits per heavy atom. The minimum absolute atomic E-state index is 0.0284. The minimum atomic E-state index is -1.31. The van der Waals surface area contributed by atoms with Gasteiger partial charge in [0.2, 0.25) is 5.91 Å². The van der Waals surface area contributed by atoms with Crippen molar-refractivity contribution in [1.82, 2.24) is 0 Å². The fourth-order valence-electron chi connectivity index (χ4n) is 2.22. The summed E-state index contributed by atoms with van der Waals surface area (Å²) in [5.41, 5.74) is 5.10. The number of benzene rings is 1. The Bertz CT molecular complexity index is 586. The van der Waals surface area contributed by atoms with E-state index in [-0.39, 0.29) is 35.2 Å². The number of nitrogens with two attached hydrogens (primary N) is 1. The van der Waals surface area contributed by atoms with Crippen molar-refractivity contribution in [2.75, 3.05) is 18.0 Å². The predicted octanol–water partition coefficient (Wildman–Crippen LogP) is 0.605. The zero-order valence-corrected chi connectivity index (χ0v) is 10.5. The number of carbonyl (C=O) groups excluding carboxylic acids is 1. The lowest BCUT2D eigenvalue weighted by Gasteiger charge is -2.18. The Labute approximate surface area is 113 Å². The van der Waals surface area contributed by atoms with Gasteiger partial charge in [-0.3, -0.25) is 14.9 Å². The third kappa shape index (κ3) is 2.45. The van der Waals surface area contributed by atoms with Crippen molar-refractivity contribution in [3.63, 3.8) is 0 Å². The third-order valence-corrected chi connectivity index (χ3v) is 3.25. The molecule has 8 heteroatoms. The number of carbonyl (C=O) groups is 2. The number of carboxylic acids is 1. The summed E-state index contributed by atoms with van der Waals surface area (Å²) in [4.78, 5) is 34.4.